The molecular formula is C20H26O. The molecule has 1 nitrogen and oxygen atoms in total. The summed E-state index contributed by atoms with van der Waals surface area (Å²) in [6, 6.07) is 16.7. The van der Waals surface area contributed by atoms with Crippen molar-refractivity contribution < 1.29 is 5.11 Å². The van der Waals surface area contributed by atoms with Gasteiger partial charge >= 0.3 is 0 Å². The number of rotatable bonds is 5. The molecule has 1 atom stereocenters. The lowest BCUT2D eigenvalue weighted by Crippen LogP contribution is -2.27. The highest BCUT2D eigenvalue weighted by Gasteiger charge is 2.31. The Morgan fingerprint density at radius 2 is 1.52 bits per heavy atom. The predicted octanol–water partition coefficient (Wildman–Crippen LogP) is 4.82. The van der Waals surface area contributed by atoms with Gasteiger partial charge in [-0.15, -0.1) is 0 Å². The van der Waals surface area contributed by atoms with Gasteiger partial charge in [-0.1, -0.05) is 76.2 Å². The molecule has 0 radical (unpaired) electrons. The third kappa shape index (κ3) is 3.19. The number of aryl methyl sites for hydroxylation is 2. The van der Waals surface area contributed by atoms with Gasteiger partial charge in [0.2, 0.25) is 0 Å². The highest BCUT2D eigenvalue weighted by molar-refractivity contribution is 5.36. The third-order valence-corrected chi connectivity index (χ3v) is 4.51. The topological polar surface area (TPSA) is 20.2 Å². The van der Waals surface area contributed by atoms with Gasteiger partial charge in [0.25, 0.3) is 0 Å². The Morgan fingerprint density at radius 3 is 2.10 bits per heavy atom. The molecule has 1 N–H and O–H groups in total. The van der Waals surface area contributed by atoms with Crippen LogP contribution in [0.3, 0.4) is 0 Å². The highest BCUT2D eigenvalue weighted by atomic mass is 16.3. The zero-order valence-electron chi connectivity index (χ0n) is 13.6. The summed E-state index contributed by atoms with van der Waals surface area (Å²) >= 11 is 0. The van der Waals surface area contributed by atoms with Crippen molar-refractivity contribution in [2.24, 2.45) is 0 Å². The van der Waals surface area contributed by atoms with E-state index in [9.17, 15) is 5.11 Å². The minimum absolute atomic E-state index is 0.306. The van der Waals surface area contributed by atoms with Gasteiger partial charge in [-0.05, 0) is 35.1 Å². The molecule has 2 aromatic carbocycles. The number of hydrogen-bond donors (Lipinski definition) is 1. The molecule has 0 aliphatic heterocycles. The van der Waals surface area contributed by atoms with Crippen LogP contribution in [0, 0.1) is 0 Å². The first-order valence-corrected chi connectivity index (χ1v) is 7.86. The van der Waals surface area contributed by atoms with Crippen molar-refractivity contribution in [2.45, 2.75) is 52.1 Å². The second-order valence-corrected chi connectivity index (χ2v) is 6.23. The van der Waals surface area contributed by atoms with Crippen molar-refractivity contribution in [3.63, 3.8) is 0 Å². The SMILES string of the molecule is CCc1ccc(C(O)C(C)(C)c2ccccc2)cc1CC. The van der Waals surface area contributed by atoms with Crippen molar-refractivity contribution in [3.05, 3.63) is 70.8 Å². The fourth-order valence-corrected chi connectivity index (χ4v) is 2.93. The zero-order valence-corrected chi connectivity index (χ0v) is 13.6. The summed E-state index contributed by atoms with van der Waals surface area (Å²) in [4.78, 5) is 0. The van der Waals surface area contributed by atoms with Crippen LogP contribution in [0.15, 0.2) is 48.5 Å². The van der Waals surface area contributed by atoms with Crippen LogP contribution in [-0.2, 0) is 18.3 Å². The van der Waals surface area contributed by atoms with Crippen molar-refractivity contribution >= 4 is 0 Å². The molecule has 2 rings (SSSR count). The van der Waals surface area contributed by atoms with Crippen LogP contribution >= 0.6 is 0 Å². The first-order chi connectivity index (χ1) is 10.0. The second kappa shape index (κ2) is 6.44. The Balaban J connectivity index is 2.37. The lowest BCUT2D eigenvalue weighted by atomic mass is 9.76. The van der Waals surface area contributed by atoms with Crippen LogP contribution in [0.1, 0.15) is 56.1 Å². The molecule has 0 amide bonds. The predicted molar refractivity (Wildman–Crippen MR) is 89.6 cm³/mol. The Hall–Kier alpha value is -1.60. The molecular weight excluding hydrogens is 256 g/mol. The van der Waals surface area contributed by atoms with E-state index < -0.39 is 6.10 Å². The molecule has 0 heterocycles. The maximum Gasteiger partial charge on any atom is 0.0881 e. The van der Waals surface area contributed by atoms with E-state index in [0.717, 1.165) is 24.0 Å². The van der Waals surface area contributed by atoms with Gasteiger partial charge in [0, 0.05) is 5.41 Å². The molecule has 1 heteroatoms. The normalized spacial score (nSPS) is 13.2. The molecule has 0 saturated heterocycles. The number of aliphatic hydroxyl groups is 1. The maximum absolute atomic E-state index is 10.9. The number of benzene rings is 2. The molecule has 21 heavy (non-hydrogen) atoms. The van der Waals surface area contributed by atoms with Gasteiger partial charge < -0.3 is 5.11 Å². The van der Waals surface area contributed by atoms with Crippen molar-refractivity contribution in [3.8, 4) is 0 Å². The minimum Gasteiger partial charge on any atom is -0.388 e. The van der Waals surface area contributed by atoms with E-state index in [4.69, 9.17) is 0 Å². The Kier molecular flexibility index (Phi) is 4.84. The fraction of sp³-hybridized carbons (Fsp3) is 0.400. The molecule has 0 fully saturated rings. The van der Waals surface area contributed by atoms with Crippen LogP contribution < -0.4 is 0 Å². The molecule has 0 saturated carbocycles. The first kappa shape index (κ1) is 15.8. The van der Waals surface area contributed by atoms with Crippen LogP contribution in [0.4, 0.5) is 0 Å². The van der Waals surface area contributed by atoms with Gasteiger partial charge in [0.15, 0.2) is 0 Å². The van der Waals surface area contributed by atoms with Gasteiger partial charge in [-0.3, -0.25) is 0 Å². The van der Waals surface area contributed by atoms with Gasteiger partial charge in [-0.2, -0.15) is 0 Å². The van der Waals surface area contributed by atoms with E-state index in [0.29, 0.717) is 0 Å². The van der Waals surface area contributed by atoms with Gasteiger partial charge in [-0.25, -0.2) is 0 Å². The lowest BCUT2D eigenvalue weighted by Gasteiger charge is -2.32. The lowest BCUT2D eigenvalue weighted by molar-refractivity contribution is 0.100. The summed E-state index contributed by atoms with van der Waals surface area (Å²) < 4.78 is 0. The quantitative estimate of drug-likeness (QED) is 0.833. The minimum atomic E-state index is -0.504. The van der Waals surface area contributed by atoms with E-state index in [1.807, 2.05) is 18.2 Å². The zero-order chi connectivity index (χ0) is 15.5. The largest absolute Gasteiger partial charge is 0.388 e. The van der Waals surface area contributed by atoms with E-state index >= 15 is 0 Å². The molecule has 0 aliphatic rings. The summed E-state index contributed by atoms with van der Waals surface area (Å²) in [5.74, 6) is 0. The maximum atomic E-state index is 10.9. The third-order valence-electron chi connectivity index (χ3n) is 4.51. The summed E-state index contributed by atoms with van der Waals surface area (Å²) in [7, 11) is 0. The van der Waals surface area contributed by atoms with E-state index in [-0.39, 0.29) is 5.41 Å². The average molecular weight is 282 g/mol. The van der Waals surface area contributed by atoms with Crippen molar-refractivity contribution in [1.82, 2.24) is 0 Å². The molecule has 2 aromatic rings. The first-order valence-electron chi connectivity index (χ1n) is 7.86. The smallest absolute Gasteiger partial charge is 0.0881 e. The van der Waals surface area contributed by atoms with Gasteiger partial charge in [0.1, 0.15) is 0 Å². The second-order valence-electron chi connectivity index (χ2n) is 6.23. The van der Waals surface area contributed by atoms with Crippen LogP contribution in [-0.4, -0.2) is 5.11 Å². The van der Waals surface area contributed by atoms with Crippen molar-refractivity contribution in [2.75, 3.05) is 0 Å². The van der Waals surface area contributed by atoms with Crippen LogP contribution in [0.5, 0.6) is 0 Å². The van der Waals surface area contributed by atoms with E-state index in [1.54, 1.807) is 0 Å². The molecule has 0 bridgehead atoms. The molecule has 0 aliphatic carbocycles. The molecule has 112 valence electrons. The molecule has 0 spiro atoms. The Labute approximate surface area is 128 Å². The van der Waals surface area contributed by atoms with Crippen LogP contribution in [0.25, 0.3) is 0 Å². The standard InChI is InChI=1S/C20H26O/c1-5-15-12-13-17(14-16(15)6-2)19(21)20(3,4)18-10-8-7-9-11-18/h7-14,19,21H,5-6H2,1-4H3. The molecule has 0 aromatic heterocycles. The van der Waals surface area contributed by atoms with Gasteiger partial charge in [0.05, 0.1) is 6.10 Å². The van der Waals surface area contributed by atoms with Crippen LogP contribution in [0.2, 0.25) is 0 Å². The monoisotopic (exact) mass is 282 g/mol. The Morgan fingerprint density at radius 1 is 0.905 bits per heavy atom. The number of aliphatic hydroxyl groups excluding tert-OH is 1. The van der Waals surface area contributed by atoms with E-state index in [2.05, 4.69) is 58.0 Å². The number of hydrogen-bond acceptors (Lipinski definition) is 1. The summed E-state index contributed by atoms with van der Waals surface area (Å²) in [5.41, 5.74) is 4.59. The highest BCUT2D eigenvalue weighted by Crippen LogP contribution is 2.37. The molecule has 1 unspecified atom stereocenters. The summed E-state index contributed by atoms with van der Waals surface area (Å²) in [5, 5.41) is 10.9. The summed E-state index contributed by atoms with van der Waals surface area (Å²) in [6.07, 6.45) is 1.55. The van der Waals surface area contributed by atoms with E-state index in [1.165, 1.54) is 11.1 Å². The summed E-state index contributed by atoms with van der Waals surface area (Å²) in [6.45, 7) is 8.56. The average Bonchev–Trinajstić information content (AvgIpc) is 2.54. The Bertz CT molecular complexity index is 584. The van der Waals surface area contributed by atoms with Crippen molar-refractivity contribution in [1.29, 1.82) is 0 Å². The fourth-order valence-electron chi connectivity index (χ4n) is 2.93.